The lowest BCUT2D eigenvalue weighted by atomic mass is 10.1. The minimum absolute atomic E-state index is 0.0844. The van der Waals surface area contributed by atoms with Gasteiger partial charge in [-0.15, -0.1) is 11.3 Å². The number of carbonyl (C=O) groups excluding carboxylic acids is 2. The van der Waals surface area contributed by atoms with Crippen LogP contribution in [0.1, 0.15) is 26.5 Å². The van der Waals surface area contributed by atoms with Gasteiger partial charge in [0.25, 0.3) is 5.91 Å². The Balaban J connectivity index is 2.12. The molecule has 0 aliphatic carbocycles. The topological polar surface area (TPSA) is 83.6 Å². The third kappa shape index (κ3) is 3.00. The molecule has 1 atom stereocenters. The number of hydrogen-bond donors (Lipinski definition) is 2. The summed E-state index contributed by atoms with van der Waals surface area (Å²) in [5.41, 5.74) is 6.19. The molecule has 0 saturated carbocycles. The first kappa shape index (κ1) is 14.6. The van der Waals surface area contributed by atoms with E-state index < -0.39 is 0 Å². The monoisotopic (exact) mass is 292 g/mol. The van der Waals surface area contributed by atoms with Gasteiger partial charge in [0.05, 0.1) is 15.7 Å². The van der Waals surface area contributed by atoms with Crippen LogP contribution in [-0.4, -0.2) is 41.5 Å². The third-order valence-electron chi connectivity index (χ3n) is 3.29. The molecule has 0 radical (unpaired) electrons. The van der Waals surface area contributed by atoms with E-state index in [1.165, 1.54) is 11.3 Å². The minimum Gasteiger partial charge on any atom is -0.384 e. The van der Waals surface area contributed by atoms with Gasteiger partial charge in [0.15, 0.2) is 0 Å². The molecule has 1 aromatic heterocycles. The fourth-order valence-electron chi connectivity index (χ4n) is 2.16. The molecule has 2 amide bonds. The van der Waals surface area contributed by atoms with Crippen molar-refractivity contribution < 1.29 is 14.7 Å². The summed E-state index contributed by atoms with van der Waals surface area (Å²) in [5.74, 6) is 4.73. The summed E-state index contributed by atoms with van der Waals surface area (Å²) < 4.78 is 0. The molecule has 1 aromatic rings. The number of primary amides is 1. The van der Waals surface area contributed by atoms with Crippen LogP contribution < -0.4 is 5.73 Å². The molecule has 1 fully saturated rings. The maximum Gasteiger partial charge on any atom is 0.263 e. The van der Waals surface area contributed by atoms with Gasteiger partial charge in [-0.05, 0) is 25.0 Å². The number of amides is 2. The van der Waals surface area contributed by atoms with Crippen LogP contribution in [0.25, 0.3) is 0 Å². The Kier molecular flexibility index (Phi) is 4.42. The predicted molar refractivity (Wildman–Crippen MR) is 76.2 cm³/mol. The Bertz CT molecular complexity index is 597. The summed E-state index contributed by atoms with van der Waals surface area (Å²) in [6.45, 7) is 2.63. The quantitative estimate of drug-likeness (QED) is 0.771. The van der Waals surface area contributed by atoms with E-state index in [4.69, 9.17) is 10.8 Å². The van der Waals surface area contributed by atoms with E-state index in [0.29, 0.717) is 24.4 Å². The summed E-state index contributed by atoms with van der Waals surface area (Å²) in [4.78, 5) is 26.5. The van der Waals surface area contributed by atoms with E-state index in [1.54, 1.807) is 11.0 Å². The van der Waals surface area contributed by atoms with Gasteiger partial charge < -0.3 is 15.7 Å². The van der Waals surface area contributed by atoms with Gasteiger partial charge in [0.1, 0.15) is 6.61 Å². The fourth-order valence-corrected chi connectivity index (χ4v) is 3.18. The Labute approximate surface area is 121 Å². The molecule has 20 heavy (non-hydrogen) atoms. The minimum atomic E-state index is -0.350. The number of aryl methyl sites for hydroxylation is 1. The maximum absolute atomic E-state index is 12.3. The average molecular weight is 292 g/mol. The molecule has 2 rings (SSSR count). The number of hydrogen-bond acceptors (Lipinski definition) is 4. The zero-order valence-electron chi connectivity index (χ0n) is 11.2. The van der Waals surface area contributed by atoms with Crippen LogP contribution in [0.2, 0.25) is 0 Å². The molecule has 5 nitrogen and oxygen atoms in total. The maximum atomic E-state index is 12.3. The van der Waals surface area contributed by atoms with Gasteiger partial charge in [-0.3, -0.25) is 9.59 Å². The zero-order valence-corrected chi connectivity index (χ0v) is 12.0. The fraction of sp³-hybridized carbons (Fsp3) is 0.429. The molecule has 2 heterocycles. The van der Waals surface area contributed by atoms with Gasteiger partial charge in [-0.2, -0.15) is 0 Å². The number of nitrogens with two attached hydrogens (primary N) is 1. The largest absolute Gasteiger partial charge is 0.384 e. The number of likely N-dealkylation sites (tertiary alicyclic amines) is 1. The van der Waals surface area contributed by atoms with Crippen molar-refractivity contribution in [2.75, 3.05) is 19.7 Å². The van der Waals surface area contributed by atoms with Crippen molar-refractivity contribution in [3.05, 3.63) is 21.4 Å². The smallest absolute Gasteiger partial charge is 0.263 e. The first-order chi connectivity index (χ1) is 9.52. The Morgan fingerprint density at radius 2 is 2.35 bits per heavy atom. The highest BCUT2D eigenvalue weighted by molar-refractivity contribution is 7.14. The highest BCUT2D eigenvalue weighted by atomic mass is 32.1. The lowest BCUT2D eigenvalue weighted by Crippen LogP contribution is -2.31. The molecule has 0 spiro atoms. The van der Waals surface area contributed by atoms with Crippen molar-refractivity contribution in [2.45, 2.75) is 13.3 Å². The number of rotatable bonds is 2. The van der Waals surface area contributed by atoms with Crippen LogP contribution in [0.4, 0.5) is 0 Å². The first-order valence-electron chi connectivity index (χ1n) is 6.31. The Morgan fingerprint density at radius 1 is 1.60 bits per heavy atom. The van der Waals surface area contributed by atoms with Gasteiger partial charge in [-0.25, -0.2) is 0 Å². The Morgan fingerprint density at radius 3 is 2.95 bits per heavy atom. The second kappa shape index (κ2) is 6.07. The van der Waals surface area contributed by atoms with Crippen molar-refractivity contribution in [1.29, 1.82) is 0 Å². The average Bonchev–Trinajstić information content (AvgIpc) is 3.02. The standard InChI is InChI=1S/C14H16N2O3S/c1-9-7-12(20-11(9)3-2-6-17)14(19)16-5-4-10(8-16)13(15)18/h7,10,17H,4-6,8H2,1H3,(H2,15,18). The second-order valence-corrected chi connectivity index (χ2v) is 5.77. The normalized spacial score (nSPS) is 17.7. The SMILES string of the molecule is Cc1cc(C(=O)N2CCC(C(N)=O)C2)sc1C#CCO. The second-order valence-electron chi connectivity index (χ2n) is 4.72. The molecule has 106 valence electrons. The van der Waals surface area contributed by atoms with Gasteiger partial charge >= 0.3 is 0 Å². The van der Waals surface area contributed by atoms with Crippen LogP contribution in [0.5, 0.6) is 0 Å². The molecule has 0 aromatic carbocycles. The molecule has 6 heteroatoms. The summed E-state index contributed by atoms with van der Waals surface area (Å²) in [5, 5.41) is 8.70. The van der Waals surface area contributed by atoms with Crippen molar-refractivity contribution in [3.8, 4) is 11.8 Å². The number of nitrogens with zero attached hydrogens (tertiary/aromatic N) is 1. The highest BCUT2D eigenvalue weighted by Gasteiger charge is 2.30. The van der Waals surface area contributed by atoms with E-state index in [-0.39, 0.29) is 24.3 Å². The van der Waals surface area contributed by atoms with E-state index in [9.17, 15) is 9.59 Å². The lowest BCUT2D eigenvalue weighted by molar-refractivity contribution is -0.121. The first-order valence-corrected chi connectivity index (χ1v) is 7.13. The summed E-state index contributed by atoms with van der Waals surface area (Å²) in [6, 6.07) is 1.80. The van der Waals surface area contributed by atoms with E-state index in [1.807, 2.05) is 6.92 Å². The van der Waals surface area contributed by atoms with Crippen LogP contribution in [-0.2, 0) is 4.79 Å². The molecule has 1 aliphatic heterocycles. The zero-order chi connectivity index (χ0) is 14.7. The van der Waals surface area contributed by atoms with Crippen LogP contribution in [0.3, 0.4) is 0 Å². The van der Waals surface area contributed by atoms with E-state index in [0.717, 1.165) is 10.4 Å². The van der Waals surface area contributed by atoms with E-state index in [2.05, 4.69) is 11.8 Å². The molecule has 3 N–H and O–H groups in total. The van der Waals surface area contributed by atoms with Gasteiger partial charge in [0, 0.05) is 13.1 Å². The molecular weight excluding hydrogens is 276 g/mol. The number of thiophene rings is 1. The number of aliphatic hydroxyl groups excluding tert-OH is 1. The number of carbonyl (C=O) groups is 2. The van der Waals surface area contributed by atoms with Crippen LogP contribution in [0.15, 0.2) is 6.07 Å². The highest BCUT2D eigenvalue weighted by Crippen LogP contribution is 2.25. The molecule has 0 bridgehead atoms. The van der Waals surface area contributed by atoms with Gasteiger partial charge in [-0.1, -0.05) is 11.8 Å². The van der Waals surface area contributed by atoms with Crippen LogP contribution >= 0.6 is 11.3 Å². The van der Waals surface area contributed by atoms with Crippen molar-refractivity contribution in [2.24, 2.45) is 11.7 Å². The third-order valence-corrected chi connectivity index (χ3v) is 4.43. The summed E-state index contributed by atoms with van der Waals surface area (Å²) >= 11 is 1.31. The van der Waals surface area contributed by atoms with E-state index >= 15 is 0 Å². The van der Waals surface area contributed by atoms with Crippen molar-refractivity contribution in [1.82, 2.24) is 4.90 Å². The van der Waals surface area contributed by atoms with Gasteiger partial charge in [0.2, 0.25) is 5.91 Å². The molecule has 1 aliphatic rings. The number of aliphatic hydroxyl groups is 1. The predicted octanol–water partition coefficient (Wildman–Crippen LogP) is 0.348. The molecule has 1 unspecified atom stereocenters. The van der Waals surface area contributed by atoms with Crippen LogP contribution in [0, 0.1) is 24.7 Å². The Hall–Kier alpha value is -1.84. The molecular formula is C14H16N2O3S. The summed E-state index contributed by atoms with van der Waals surface area (Å²) in [6.07, 6.45) is 0.628. The van der Waals surface area contributed by atoms with Crippen molar-refractivity contribution >= 4 is 23.2 Å². The summed E-state index contributed by atoms with van der Waals surface area (Å²) in [7, 11) is 0. The molecule has 1 saturated heterocycles. The van der Waals surface area contributed by atoms with Crippen molar-refractivity contribution in [3.63, 3.8) is 0 Å². The lowest BCUT2D eigenvalue weighted by Gasteiger charge is -2.14.